The van der Waals surface area contributed by atoms with Crippen molar-refractivity contribution in [3.63, 3.8) is 0 Å². The molecule has 0 amide bonds. The third-order valence-corrected chi connectivity index (χ3v) is 4.64. The summed E-state index contributed by atoms with van der Waals surface area (Å²) in [6.45, 7) is 0.966. The molecule has 1 saturated heterocycles. The molecule has 2 rings (SSSR count). The summed E-state index contributed by atoms with van der Waals surface area (Å²) < 4.78 is 24.1. The number of aryl methyl sites for hydroxylation is 1. The topological polar surface area (TPSA) is 64.0 Å². The fourth-order valence-electron chi connectivity index (χ4n) is 1.99. The molecule has 1 aromatic heterocycles. The van der Waals surface area contributed by atoms with E-state index in [1.54, 1.807) is 6.20 Å². The third-order valence-electron chi connectivity index (χ3n) is 2.85. The molecule has 1 N–H and O–H groups in total. The molecule has 0 atom stereocenters. The highest BCUT2D eigenvalue weighted by atomic mass is 32.2. The minimum Gasteiger partial charge on any atom is -0.320 e. The molecule has 0 bridgehead atoms. The average Bonchev–Trinajstić information content (AvgIpc) is 2.62. The lowest BCUT2D eigenvalue weighted by atomic mass is 10.2. The summed E-state index contributed by atoms with van der Waals surface area (Å²) in [7, 11) is -0.845. The predicted octanol–water partition coefficient (Wildman–Crippen LogP) is 0.00460. The van der Waals surface area contributed by atoms with Gasteiger partial charge in [0, 0.05) is 11.9 Å². The quantitative estimate of drug-likeness (QED) is 0.740. The van der Waals surface area contributed by atoms with Gasteiger partial charge in [-0.25, -0.2) is 8.42 Å². The molecule has 1 fully saturated rings. The van der Waals surface area contributed by atoms with Gasteiger partial charge in [-0.2, -0.15) is 5.10 Å². The average molecular weight is 243 g/mol. The molecule has 0 unspecified atom stereocenters. The van der Waals surface area contributed by atoms with Crippen molar-refractivity contribution in [1.29, 1.82) is 0 Å². The van der Waals surface area contributed by atoms with Crippen LogP contribution < -0.4 is 5.32 Å². The molecule has 1 aliphatic rings. The van der Waals surface area contributed by atoms with Crippen molar-refractivity contribution < 1.29 is 8.42 Å². The van der Waals surface area contributed by atoms with E-state index in [1.165, 1.54) is 0 Å². The van der Waals surface area contributed by atoms with E-state index in [9.17, 15) is 8.42 Å². The lowest BCUT2D eigenvalue weighted by Crippen LogP contribution is -2.39. The Labute approximate surface area is 95.8 Å². The van der Waals surface area contributed by atoms with Crippen LogP contribution in [0.15, 0.2) is 12.3 Å². The van der Waals surface area contributed by atoms with Crippen molar-refractivity contribution >= 4 is 9.84 Å². The van der Waals surface area contributed by atoms with Gasteiger partial charge >= 0.3 is 0 Å². The Bertz CT molecular complexity index is 440. The Morgan fingerprint density at radius 1 is 1.56 bits per heavy atom. The first-order valence-corrected chi connectivity index (χ1v) is 7.32. The number of nitrogens with one attached hydrogen (secondary N) is 1. The molecule has 6 heteroatoms. The van der Waals surface area contributed by atoms with Crippen LogP contribution in [-0.2, 0) is 16.3 Å². The standard InChI is InChI=1S/C10H17N3O2S/c1-11-5-2-3-9-4-6-12-13(9)10-7-16(14,15)8-10/h4,6,10-11H,2-3,5,7-8H2,1H3. The fourth-order valence-corrected chi connectivity index (χ4v) is 3.35. The normalized spacial score (nSPS) is 19.6. The number of hydrogen-bond donors (Lipinski definition) is 1. The van der Waals surface area contributed by atoms with Crippen LogP contribution >= 0.6 is 0 Å². The van der Waals surface area contributed by atoms with Crippen molar-refractivity contribution in [3.8, 4) is 0 Å². The maximum atomic E-state index is 11.1. The minimum absolute atomic E-state index is 0.0598. The molecule has 0 spiro atoms. The Balaban J connectivity index is 1.97. The second-order valence-corrected chi connectivity index (χ2v) is 6.36. The summed E-state index contributed by atoms with van der Waals surface area (Å²) in [5.74, 6) is 0.488. The number of sulfone groups is 1. The van der Waals surface area contributed by atoms with E-state index in [-0.39, 0.29) is 17.5 Å². The van der Waals surface area contributed by atoms with Gasteiger partial charge in [-0.05, 0) is 32.5 Å². The first-order chi connectivity index (χ1) is 7.62. The van der Waals surface area contributed by atoms with Crippen LogP contribution in [-0.4, -0.2) is 43.3 Å². The monoisotopic (exact) mass is 243 g/mol. The highest BCUT2D eigenvalue weighted by molar-refractivity contribution is 7.92. The van der Waals surface area contributed by atoms with Crippen molar-refractivity contribution in [2.24, 2.45) is 0 Å². The molecule has 1 aromatic rings. The summed E-state index contributed by atoms with van der Waals surface area (Å²) in [4.78, 5) is 0. The van der Waals surface area contributed by atoms with Crippen molar-refractivity contribution in [3.05, 3.63) is 18.0 Å². The predicted molar refractivity (Wildman–Crippen MR) is 62.2 cm³/mol. The van der Waals surface area contributed by atoms with E-state index in [0.29, 0.717) is 0 Å². The Hall–Kier alpha value is -0.880. The van der Waals surface area contributed by atoms with E-state index < -0.39 is 9.84 Å². The fraction of sp³-hybridized carbons (Fsp3) is 0.700. The summed E-state index contributed by atoms with van der Waals surface area (Å²) in [5.41, 5.74) is 1.13. The Kier molecular flexibility index (Phi) is 3.30. The van der Waals surface area contributed by atoms with Crippen LogP contribution in [0.5, 0.6) is 0 Å². The van der Waals surface area contributed by atoms with Crippen LogP contribution in [0.3, 0.4) is 0 Å². The number of nitrogens with zero attached hydrogens (tertiary/aromatic N) is 2. The van der Waals surface area contributed by atoms with E-state index >= 15 is 0 Å². The lowest BCUT2D eigenvalue weighted by Gasteiger charge is -2.27. The Morgan fingerprint density at radius 2 is 2.31 bits per heavy atom. The summed E-state index contributed by atoms with van der Waals surface area (Å²) in [6, 6.07) is 2.03. The molecular weight excluding hydrogens is 226 g/mol. The Morgan fingerprint density at radius 3 is 2.94 bits per heavy atom. The molecule has 5 nitrogen and oxygen atoms in total. The van der Waals surface area contributed by atoms with Gasteiger partial charge in [0.2, 0.25) is 0 Å². The van der Waals surface area contributed by atoms with Crippen LogP contribution in [0.25, 0.3) is 0 Å². The molecule has 0 radical (unpaired) electrons. The van der Waals surface area contributed by atoms with Gasteiger partial charge in [-0.1, -0.05) is 0 Å². The second kappa shape index (κ2) is 4.55. The van der Waals surface area contributed by atoms with Gasteiger partial charge in [-0.3, -0.25) is 4.68 Å². The minimum atomic E-state index is -2.77. The lowest BCUT2D eigenvalue weighted by molar-refractivity contribution is 0.457. The zero-order chi connectivity index (χ0) is 11.6. The number of hydrogen-bond acceptors (Lipinski definition) is 4. The summed E-state index contributed by atoms with van der Waals surface area (Å²) >= 11 is 0. The second-order valence-electron chi connectivity index (χ2n) is 4.20. The molecule has 16 heavy (non-hydrogen) atoms. The maximum Gasteiger partial charge on any atom is 0.154 e. The summed E-state index contributed by atoms with van der Waals surface area (Å²) in [5, 5.41) is 7.31. The SMILES string of the molecule is CNCCCc1ccnn1C1CS(=O)(=O)C1. The van der Waals surface area contributed by atoms with E-state index in [2.05, 4.69) is 10.4 Å². The van der Waals surface area contributed by atoms with E-state index in [0.717, 1.165) is 25.1 Å². The highest BCUT2D eigenvalue weighted by Gasteiger charge is 2.35. The molecule has 2 heterocycles. The molecular formula is C10H17N3O2S. The van der Waals surface area contributed by atoms with Gasteiger partial charge in [0.25, 0.3) is 0 Å². The molecule has 0 saturated carbocycles. The zero-order valence-electron chi connectivity index (χ0n) is 9.39. The number of aromatic nitrogens is 2. The van der Waals surface area contributed by atoms with Crippen molar-refractivity contribution in [2.45, 2.75) is 18.9 Å². The van der Waals surface area contributed by atoms with Crippen LogP contribution in [0.4, 0.5) is 0 Å². The molecule has 0 aliphatic carbocycles. The van der Waals surface area contributed by atoms with E-state index in [4.69, 9.17) is 0 Å². The molecule has 0 aromatic carbocycles. The van der Waals surface area contributed by atoms with E-state index in [1.807, 2.05) is 17.8 Å². The largest absolute Gasteiger partial charge is 0.320 e. The van der Waals surface area contributed by atoms with Crippen LogP contribution in [0, 0.1) is 0 Å². The van der Waals surface area contributed by atoms with Crippen LogP contribution in [0.2, 0.25) is 0 Å². The van der Waals surface area contributed by atoms with Crippen LogP contribution in [0.1, 0.15) is 18.2 Å². The summed E-state index contributed by atoms with van der Waals surface area (Å²) in [6.07, 6.45) is 3.73. The first kappa shape index (κ1) is 11.6. The molecule has 1 aliphatic heterocycles. The zero-order valence-corrected chi connectivity index (χ0v) is 10.2. The van der Waals surface area contributed by atoms with Gasteiger partial charge < -0.3 is 5.32 Å². The van der Waals surface area contributed by atoms with Gasteiger partial charge in [0.15, 0.2) is 9.84 Å². The maximum absolute atomic E-state index is 11.1. The van der Waals surface area contributed by atoms with Crippen molar-refractivity contribution in [2.75, 3.05) is 25.1 Å². The first-order valence-electron chi connectivity index (χ1n) is 5.50. The highest BCUT2D eigenvalue weighted by Crippen LogP contribution is 2.24. The number of rotatable bonds is 5. The third kappa shape index (κ3) is 2.44. The van der Waals surface area contributed by atoms with Gasteiger partial charge in [0.05, 0.1) is 17.5 Å². The van der Waals surface area contributed by atoms with Gasteiger partial charge in [0.1, 0.15) is 0 Å². The molecule has 90 valence electrons. The van der Waals surface area contributed by atoms with Crippen molar-refractivity contribution in [1.82, 2.24) is 15.1 Å². The smallest absolute Gasteiger partial charge is 0.154 e. The van der Waals surface area contributed by atoms with Gasteiger partial charge in [-0.15, -0.1) is 0 Å².